The van der Waals surface area contributed by atoms with Gasteiger partial charge in [0.25, 0.3) is 17.7 Å². The quantitative estimate of drug-likeness (QED) is 0.584. The Morgan fingerprint density at radius 3 is 2.45 bits per heavy atom. The van der Waals surface area contributed by atoms with Crippen LogP contribution in [-0.4, -0.2) is 55.4 Å². The lowest BCUT2D eigenvalue weighted by atomic mass is 10.1. The molecule has 31 heavy (non-hydrogen) atoms. The summed E-state index contributed by atoms with van der Waals surface area (Å²) in [6.07, 6.45) is 1.08. The topological polar surface area (TPSA) is 101 Å². The normalized spacial score (nSPS) is 17.3. The summed E-state index contributed by atoms with van der Waals surface area (Å²) < 4.78 is 0. The van der Waals surface area contributed by atoms with Crippen molar-refractivity contribution in [1.29, 1.82) is 0 Å². The maximum absolute atomic E-state index is 12.9. The summed E-state index contributed by atoms with van der Waals surface area (Å²) in [7, 11) is 0. The molecule has 1 aromatic heterocycles. The third-order valence-corrected chi connectivity index (χ3v) is 5.68. The molecule has 0 radical (unpaired) electrons. The Morgan fingerprint density at radius 1 is 1.03 bits per heavy atom. The molecule has 2 aliphatic heterocycles. The van der Waals surface area contributed by atoms with Gasteiger partial charge in [-0.05, 0) is 42.3 Å². The van der Waals surface area contributed by atoms with Crippen molar-refractivity contribution < 1.29 is 14.4 Å². The van der Waals surface area contributed by atoms with Crippen LogP contribution in [0.25, 0.3) is 0 Å². The fourth-order valence-electron chi connectivity index (χ4n) is 4.24. The number of amides is 3. The van der Waals surface area contributed by atoms with Gasteiger partial charge in [0.15, 0.2) is 5.82 Å². The molecule has 0 fully saturated rings. The SMILES string of the molecule is C[C@@H]1Cc2ccccc2N1C(=O)Cn1nnc(CCN2C(=O)c3ccccc3C2=O)n1. The summed E-state index contributed by atoms with van der Waals surface area (Å²) in [4.78, 5) is 42.0. The highest BCUT2D eigenvalue weighted by Crippen LogP contribution is 2.31. The fraction of sp³-hybridized carbons (Fsp3) is 0.273. The predicted molar refractivity (Wildman–Crippen MR) is 110 cm³/mol. The van der Waals surface area contributed by atoms with E-state index in [-0.39, 0.29) is 43.3 Å². The standard InChI is InChI=1S/C22H20N6O3/c1-14-12-15-6-2-5-9-18(15)28(14)20(29)13-27-24-19(23-25-27)10-11-26-21(30)16-7-3-4-8-17(16)22(26)31/h2-9,14H,10-13H2,1H3/t14-/m1/s1. The summed E-state index contributed by atoms with van der Waals surface area (Å²) in [5.41, 5.74) is 2.90. The second-order valence-corrected chi connectivity index (χ2v) is 7.74. The van der Waals surface area contributed by atoms with E-state index in [1.807, 2.05) is 31.2 Å². The summed E-state index contributed by atoms with van der Waals surface area (Å²) in [5, 5.41) is 12.2. The van der Waals surface area contributed by atoms with E-state index in [1.165, 1.54) is 9.70 Å². The Balaban J connectivity index is 1.23. The molecule has 9 heteroatoms. The number of para-hydroxylation sites is 1. The van der Waals surface area contributed by atoms with Crippen LogP contribution < -0.4 is 4.90 Å². The highest BCUT2D eigenvalue weighted by Gasteiger charge is 2.35. The Labute approximate surface area is 178 Å². The van der Waals surface area contributed by atoms with Gasteiger partial charge in [-0.15, -0.1) is 10.2 Å². The number of carbonyl (C=O) groups is 3. The molecule has 3 heterocycles. The van der Waals surface area contributed by atoms with E-state index >= 15 is 0 Å². The molecule has 0 unspecified atom stereocenters. The van der Waals surface area contributed by atoms with Crippen molar-refractivity contribution in [2.24, 2.45) is 0 Å². The molecule has 0 spiro atoms. The Hall–Kier alpha value is -3.88. The molecule has 0 N–H and O–H groups in total. The number of aromatic nitrogens is 4. The van der Waals surface area contributed by atoms with Gasteiger partial charge in [0.1, 0.15) is 6.54 Å². The maximum Gasteiger partial charge on any atom is 0.261 e. The van der Waals surface area contributed by atoms with Gasteiger partial charge < -0.3 is 4.90 Å². The highest BCUT2D eigenvalue weighted by molar-refractivity contribution is 6.21. The molecular formula is C22H20N6O3. The number of fused-ring (bicyclic) bond motifs is 2. The van der Waals surface area contributed by atoms with Crippen molar-refractivity contribution >= 4 is 23.4 Å². The number of imide groups is 1. The lowest BCUT2D eigenvalue weighted by Crippen LogP contribution is -2.38. The van der Waals surface area contributed by atoms with Crippen molar-refractivity contribution in [2.75, 3.05) is 11.4 Å². The van der Waals surface area contributed by atoms with Crippen molar-refractivity contribution in [2.45, 2.75) is 32.4 Å². The van der Waals surface area contributed by atoms with E-state index in [0.29, 0.717) is 17.0 Å². The lowest BCUT2D eigenvalue weighted by molar-refractivity contribution is -0.119. The van der Waals surface area contributed by atoms with Gasteiger partial charge in [0, 0.05) is 24.7 Å². The zero-order chi connectivity index (χ0) is 21.5. The first-order valence-corrected chi connectivity index (χ1v) is 10.1. The molecule has 9 nitrogen and oxygen atoms in total. The molecular weight excluding hydrogens is 396 g/mol. The lowest BCUT2D eigenvalue weighted by Gasteiger charge is -2.22. The average molecular weight is 416 g/mol. The van der Waals surface area contributed by atoms with Gasteiger partial charge in [0.05, 0.1) is 11.1 Å². The molecule has 0 saturated heterocycles. The molecule has 2 aliphatic rings. The van der Waals surface area contributed by atoms with E-state index in [9.17, 15) is 14.4 Å². The van der Waals surface area contributed by atoms with Gasteiger partial charge in [-0.3, -0.25) is 19.3 Å². The first kappa shape index (κ1) is 19.1. The third kappa shape index (κ3) is 3.27. The van der Waals surface area contributed by atoms with Crippen molar-refractivity contribution in [3.05, 3.63) is 71.0 Å². The van der Waals surface area contributed by atoms with Gasteiger partial charge in [0.2, 0.25) is 0 Å². The third-order valence-electron chi connectivity index (χ3n) is 5.68. The maximum atomic E-state index is 12.9. The number of tetrazole rings is 1. The minimum absolute atomic E-state index is 0.0291. The number of carbonyl (C=O) groups excluding carboxylic acids is 3. The zero-order valence-electron chi connectivity index (χ0n) is 16.9. The zero-order valence-corrected chi connectivity index (χ0v) is 16.9. The number of rotatable bonds is 5. The Bertz CT molecular complexity index is 1170. The highest BCUT2D eigenvalue weighted by atomic mass is 16.2. The van der Waals surface area contributed by atoms with Crippen LogP contribution in [0, 0.1) is 0 Å². The summed E-state index contributed by atoms with van der Waals surface area (Å²) in [6.45, 7) is 2.14. The van der Waals surface area contributed by atoms with Crippen LogP contribution in [0.4, 0.5) is 5.69 Å². The molecule has 0 saturated carbocycles. The fourth-order valence-corrected chi connectivity index (χ4v) is 4.24. The van der Waals surface area contributed by atoms with E-state index in [0.717, 1.165) is 17.7 Å². The molecule has 156 valence electrons. The van der Waals surface area contributed by atoms with Gasteiger partial charge in [-0.1, -0.05) is 30.3 Å². The van der Waals surface area contributed by atoms with Crippen molar-refractivity contribution in [3.63, 3.8) is 0 Å². The van der Waals surface area contributed by atoms with E-state index in [1.54, 1.807) is 29.2 Å². The molecule has 3 aromatic rings. The van der Waals surface area contributed by atoms with Crippen LogP contribution in [-0.2, 0) is 24.2 Å². The minimum Gasteiger partial charge on any atom is -0.307 e. The number of nitrogens with zero attached hydrogens (tertiary/aromatic N) is 6. The molecule has 2 aromatic carbocycles. The summed E-state index contributed by atoms with van der Waals surface area (Å²) in [6, 6.07) is 14.7. The first-order chi connectivity index (χ1) is 15.0. The van der Waals surface area contributed by atoms with Gasteiger partial charge in [-0.2, -0.15) is 4.80 Å². The minimum atomic E-state index is -0.315. The average Bonchev–Trinajstić information content (AvgIpc) is 3.42. The molecule has 0 bridgehead atoms. The van der Waals surface area contributed by atoms with Crippen molar-refractivity contribution in [3.8, 4) is 0 Å². The number of hydrogen-bond acceptors (Lipinski definition) is 6. The van der Waals surface area contributed by atoms with Crippen LogP contribution in [0.1, 0.15) is 39.0 Å². The Morgan fingerprint density at radius 2 is 1.71 bits per heavy atom. The Kier molecular flexibility index (Phi) is 4.58. The van der Waals surface area contributed by atoms with Crippen LogP contribution in [0.2, 0.25) is 0 Å². The van der Waals surface area contributed by atoms with Crippen LogP contribution in [0.15, 0.2) is 48.5 Å². The van der Waals surface area contributed by atoms with E-state index in [4.69, 9.17) is 0 Å². The van der Waals surface area contributed by atoms with Crippen LogP contribution >= 0.6 is 0 Å². The molecule has 1 atom stereocenters. The largest absolute Gasteiger partial charge is 0.307 e. The second kappa shape index (κ2) is 7.42. The molecule has 5 rings (SSSR count). The number of anilines is 1. The van der Waals surface area contributed by atoms with Crippen LogP contribution in [0.5, 0.6) is 0 Å². The first-order valence-electron chi connectivity index (χ1n) is 10.1. The van der Waals surface area contributed by atoms with Crippen LogP contribution in [0.3, 0.4) is 0 Å². The molecule has 3 amide bonds. The predicted octanol–water partition coefficient (Wildman–Crippen LogP) is 1.49. The summed E-state index contributed by atoms with van der Waals surface area (Å²) in [5.74, 6) is -0.365. The van der Waals surface area contributed by atoms with E-state index < -0.39 is 0 Å². The van der Waals surface area contributed by atoms with Gasteiger partial charge in [-0.25, -0.2) is 0 Å². The second-order valence-electron chi connectivity index (χ2n) is 7.74. The summed E-state index contributed by atoms with van der Waals surface area (Å²) >= 11 is 0. The smallest absolute Gasteiger partial charge is 0.261 e. The van der Waals surface area contributed by atoms with Gasteiger partial charge >= 0.3 is 0 Å². The van der Waals surface area contributed by atoms with E-state index in [2.05, 4.69) is 15.4 Å². The monoisotopic (exact) mass is 416 g/mol. The number of benzene rings is 2. The molecule has 0 aliphatic carbocycles. The van der Waals surface area contributed by atoms with Crippen molar-refractivity contribution in [1.82, 2.24) is 25.1 Å². The number of hydrogen-bond donors (Lipinski definition) is 0.